The van der Waals surface area contributed by atoms with Crippen molar-refractivity contribution in [1.82, 2.24) is 15.5 Å². The molecule has 2 aliphatic rings. The Labute approximate surface area is 122 Å². The first kappa shape index (κ1) is 13.9. The molecule has 7 heteroatoms. The minimum absolute atomic E-state index is 0.0545. The summed E-state index contributed by atoms with van der Waals surface area (Å²) < 4.78 is 5.60. The third kappa shape index (κ3) is 4.21. The SMILES string of the molecule is O=C(CSc1nnc(C[NH+]2CCCCC2)o1)NC1CC1. The Morgan fingerprint density at radius 1 is 1.30 bits per heavy atom. The van der Waals surface area contributed by atoms with Crippen molar-refractivity contribution in [3.8, 4) is 0 Å². The Morgan fingerprint density at radius 3 is 2.85 bits per heavy atom. The Kier molecular flexibility index (Phi) is 4.57. The van der Waals surface area contributed by atoms with Crippen LogP contribution in [0.4, 0.5) is 0 Å². The van der Waals surface area contributed by atoms with Crippen LogP contribution < -0.4 is 10.2 Å². The van der Waals surface area contributed by atoms with Crippen LogP contribution in [0.15, 0.2) is 9.64 Å². The number of hydrogen-bond acceptors (Lipinski definition) is 5. The van der Waals surface area contributed by atoms with Crippen LogP contribution >= 0.6 is 11.8 Å². The van der Waals surface area contributed by atoms with Crippen LogP contribution in [-0.4, -0.2) is 41.0 Å². The second-order valence-corrected chi connectivity index (χ2v) is 6.51. The van der Waals surface area contributed by atoms with Crippen LogP contribution in [0.2, 0.25) is 0 Å². The fraction of sp³-hybridized carbons (Fsp3) is 0.769. The minimum Gasteiger partial charge on any atom is -0.410 e. The number of thioether (sulfide) groups is 1. The molecule has 1 saturated carbocycles. The topological polar surface area (TPSA) is 72.5 Å². The normalized spacial score (nSPS) is 20.0. The molecule has 0 radical (unpaired) electrons. The second kappa shape index (κ2) is 6.58. The van der Waals surface area contributed by atoms with E-state index in [-0.39, 0.29) is 5.91 Å². The van der Waals surface area contributed by atoms with E-state index >= 15 is 0 Å². The van der Waals surface area contributed by atoms with Crippen LogP contribution in [0.25, 0.3) is 0 Å². The molecular weight excluding hydrogens is 276 g/mol. The van der Waals surface area contributed by atoms with Gasteiger partial charge in [-0.2, -0.15) is 0 Å². The average molecular weight is 297 g/mol. The van der Waals surface area contributed by atoms with E-state index in [0.717, 1.165) is 19.4 Å². The van der Waals surface area contributed by atoms with Gasteiger partial charge in [0.15, 0.2) is 6.54 Å². The Bertz CT molecular complexity index is 455. The van der Waals surface area contributed by atoms with Crippen molar-refractivity contribution < 1.29 is 14.1 Å². The Hall–Kier alpha value is -1.08. The van der Waals surface area contributed by atoms with Crippen molar-refractivity contribution in [1.29, 1.82) is 0 Å². The fourth-order valence-corrected chi connectivity index (χ4v) is 3.03. The maximum Gasteiger partial charge on any atom is 0.277 e. The van der Waals surface area contributed by atoms with Crippen molar-refractivity contribution >= 4 is 17.7 Å². The highest BCUT2D eigenvalue weighted by Gasteiger charge is 2.23. The number of nitrogens with one attached hydrogen (secondary N) is 2. The number of likely N-dealkylation sites (tertiary alicyclic amines) is 1. The van der Waals surface area contributed by atoms with E-state index in [9.17, 15) is 4.79 Å². The quantitative estimate of drug-likeness (QED) is 0.724. The lowest BCUT2D eigenvalue weighted by molar-refractivity contribution is -0.919. The standard InChI is InChI=1S/C13H20N4O2S/c18-11(14-10-4-5-10)9-20-13-16-15-12(19-13)8-17-6-2-1-3-7-17/h10H,1-9H2,(H,14,18)/p+1. The van der Waals surface area contributed by atoms with E-state index in [4.69, 9.17) is 4.42 Å². The lowest BCUT2D eigenvalue weighted by Gasteiger charge is -2.21. The Morgan fingerprint density at radius 2 is 2.10 bits per heavy atom. The number of carbonyl (C=O) groups excluding carboxylic acids is 1. The van der Waals surface area contributed by atoms with Crippen molar-refractivity contribution in [3.05, 3.63) is 5.89 Å². The number of piperidine rings is 1. The molecule has 1 aliphatic carbocycles. The summed E-state index contributed by atoms with van der Waals surface area (Å²) in [5, 5.41) is 11.5. The lowest BCUT2D eigenvalue weighted by atomic mass is 10.1. The predicted octanol–water partition coefficient (Wildman–Crippen LogP) is 0.00910. The van der Waals surface area contributed by atoms with Gasteiger partial charge in [0.25, 0.3) is 11.1 Å². The van der Waals surface area contributed by atoms with Gasteiger partial charge < -0.3 is 14.6 Å². The Balaban J connectivity index is 1.42. The molecular formula is C13H21N4O2S+. The third-order valence-electron chi connectivity index (χ3n) is 3.68. The zero-order chi connectivity index (χ0) is 13.8. The van der Waals surface area contributed by atoms with Crippen LogP contribution in [0, 0.1) is 0 Å². The van der Waals surface area contributed by atoms with Gasteiger partial charge in [0.1, 0.15) is 0 Å². The maximum absolute atomic E-state index is 11.6. The van der Waals surface area contributed by atoms with Gasteiger partial charge in [-0.3, -0.25) is 4.79 Å². The molecule has 1 aromatic rings. The highest BCUT2D eigenvalue weighted by Crippen LogP contribution is 2.20. The zero-order valence-corrected chi connectivity index (χ0v) is 12.4. The molecule has 6 nitrogen and oxygen atoms in total. The molecule has 1 aliphatic heterocycles. The van der Waals surface area contributed by atoms with Gasteiger partial charge >= 0.3 is 0 Å². The predicted molar refractivity (Wildman–Crippen MR) is 74.4 cm³/mol. The van der Waals surface area contributed by atoms with Crippen LogP contribution in [-0.2, 0) is 11.3 Å². The van der Waals surface area contributed by atoms with Gasteiger partial charge in [-0.15, -0.1) is 10.2 Å². The summed E-state index contributed by atoms with van der Waals surface area (Å²) in [4.78, 5) is 13.1. The molecule has 2 heterocycles. The molecule has 2 N–H and O–H groups in total. The van der Waals surface area contributed by atoms with E-state index in [1.807, 2.05) is 0 Å². The molecule has 0 aromatic carbocycles. The molecule has 3 rings (SSSR count). The van der Waals surface area contributed by atoms with E-state index in [1.165, 1.54) is 49.0 Å². The highest BCUT2D eigenvalue weighted by atomic mass is 32.2. The molecule has 0 spiro atoms. The van der Waals surface area contributed by atoms with Gasteiger partial charge in [-0.05, 0) is 32.1 Å². The van der Waals surface area contributed by atoms with Crippen LogP contribution in [0.3, 0.4) is 0 Å². The molecule has 0 bridgehead atoms. The number of nitrogens with zero attached hydrogens (tertiary/aromatic N) is 2. The third-order valence-corrected chi connectivity index (χ3v) is 4.50. The summed E-state index contributed by atoms with van der Waals surface area (Å²) in [6, 6.07) is 0.407. The van der Waals surface area contributed by atoms with Crippen LogP contribution in [0.1, 0.15) is 38.0 Å². The number of amides is 1. The first-order valence-electron chi connectivity index (χ1n) is 7.38. The fourth-order valence-electron chi connectivity index (χ4n) is 2.43. The highest BCUT2D eigenvalue weighted by molar-refractivity contribution is 7.99. The van der Waals surface area contributed by atoms with E-state index < -0.39 is 0 Å². The summed E-state index contributed by atoms with van der Waals surface area (Å²) in [7, 11) is 0. The van der Waals surface area contributed by atoms with Crippen molar-refractivity contribution in [3.63, 3.8) is 0 Å². The summed E-state index contributed by atoms with van der Waals surface area (Å²) in [5.41, 5.74) is 0. The van der Waals surface area contributed by atoms with Crippen molar-refractivity contribution in [2.45, 2.75) is 49.9 Å². The van der Waals surface area contributed by atoms with Gasteiger partial charge in [-0.25, -0.2) is 0 Å². The largest absolute Gasteiger partial charge is 0.410 e. The average Bonchev–Trinajstić information content (AvgIpc) is 3.15. The number of aromatic nitrogens is 2. The van der Waals surface area contributed by atoms with Gasteiger partial charge in [0.2, 0.25) is 5.91 Å². The van der Waals surface area contributed by atoms with Gasteiger partial charge in [0, 0.05) is 6.04 Å². The van der Waals surface area contributed by atoms with Crippen LogP contribution in [0.5, 0.6) is 0 Å². The van der Waals surface area contributed by atoms with E-state index in [2.05, 4.69) is 15.5 Å². The smallest absolute Gasteiger partial charge is 0.277 e. The molecule has 20 heavy (non-hydrogen) atoms. The molecule has 1 aromatic heterocycles. The number of hydrogen-bond donors (Lipinski definition) is 2. The van der Waals surface area contributed by atoms with Gasteiger partial charge in [-0.1, -0.05) is 11.8 Å². The number of quaternary nitrogens is 1. The second-order valence-electron chi connectivity index (χ2n) is 5.58. The lowest BCUT2D eigenvalue weighted by Crippen LogP contribution is -3.11. The van der Waals surface area contributed by atoms with E-state index in [1.54, 1.807) is 0 Å². The molecule has 2 fully saturated rings. The van der Waals surface area contributed by atoms with E-state index in [0.29, 0.717) is 22.9 Å². The van der Waals surface area contributed by atoms with Crippen molar-refractivity contribution in [2.75, 3.05) is 18.8 Å². The molecule has 110 valence electrons. The summed E-state index contributed by atoms with van der Waals surface area (Å²) in [6.07, 6.45) is 6.13. The molecule has 0 unspecified atom stereocenters. The number of carbonyl (C=O) groups is 1. The molecule has 0 atom stereocenters. The summed E-state index contributed by atoms with van der Waals surface area (Å²) >= 11 is 1.32. The monoisotopic (exact) mass is 297 g/mol. The van der Waals surface area contributed by atoms with Crippen molar-refractivity contribution in [2.24, 2.45) is 0 Å². The molecule has 1 amide bonds. The number of rotatable bonds is 6. The zero-order valence-electron chi connectivity index (χ0n) is 11.6. The van der Waals surface area contributed by atoms with Gasteiger partial charge in [0.05, 0.1) is 18.8 Å². The summed E-state index contributed by atoms with van der Waals surface area (Å²) in [5.74, 6) is 1.10. The first-order valence-corrected chi connectivity index (χ1v) is 8.36. The minimum atomic E-state index is 0.0545. The summed E-state index contributed by atoms with van der Waals surface area (Å²) in [6.45, 7) is 3.19. The first-order chi connectivity index (χ1) is 9.79. The maximum atomic E-state index is 11.6. The molecule has 1 saturated heterocycles.